The van der Waals surface area contributed by atoms with Gasteiger partial charge in [-0.05, 0) is 25.5 Å². The Bertz CT molecular complexity index is 366. The summed E-state index contributed by atoms with van der Waals surface area (Å²) in [5, 5.41) is 0. The minimum Gasteiger partial charge on any atom is -0.329 e. The van der Waals surface area contributed by atoms with Gasteiger partial charge in [-0.1, -0.05) is 36.8 Å². The average molecular weight is 261 g/mol. The second-order valence-corrected chi connectivity index (χ2v) is 5.54. The molecule has 106 valence electrons. The number of nitrogens with zero attached hydrogens (tertiary/aromatic N) is 2. The standard InChI is InChI=1S/C16H27N3/c1-3-8-18-9-11-19(12-10-18)16(13-17)15-6-4-14(2)5-7-15/h4-7,16H,3,8-13,17H2,1-2H3. The molecule has 1 atom stereocenters. The highest BCUT2D eigenvalue weighted by Gasteiger charge is 2.23. The zero-order chi connectivity index (χ0) is 13.7. The summed E-state index contributed by atoms with van der Waals surface area (Å²) < 4.78 is 0. The van der Waals surface area contributed by atoms with Crippen molar-refractivity contribution in [2.45, 2.75) is 26.3 Å². The highest BCUT2D eigenvalue weighted by Crippen LogP contribution is 2.21. The first-order valence-corrected chi connectivity index (χ1v) is 7.47. The second kappa shape index (κ2) is 7.04. The van der Waals surface area contributed by atoms with Crippen LogP contribution in [0.25, 0.3) is 0 Å². The fourth-order valence-corrected chi connectivity index (χ4v) is 2.90. The molecule has 1 fully saturated rings. The van der Waals surface area contributed by atoms with Gasteiger partial charge in [0.05, 0.1) is 0 Å². The third-order valence-electron chi connectivity index (χ3n) is 4.07. The summed E-state index contributed by atoms with van der Waals surface area (Å²) in [5.74, 6) is 0. The summed E-state index contributed by atoms with van der Waals surface area (Å²) in [6.07, 6.45) is 1.25. The van der Waals surface area contributed by atoms with Crippen molar-refractivity contribution >= 4 is 0 Å². The highest BCUT2D eigenvalue weighted by atomic mass is 15.3. The topological polar surface area (TPSA) is 32.5 Å². The van der Waals surface area contributed by atoms with Gasteiger partial charge >= 0.3 is 0 Å². The molecule has 0 radical (unpaired) electrons. The van der Waals surface area contributed by atoms with Crippen molar-refractivity contribution in [1.82, 2.24) is 9.80 Å². The van der Waals surface area contributed by atoms with Crippen LogP contribution in [-0.2, 0) is 0 Å². The van der Waals surface area contributed by atoms with E-state index in [0.29, 0.717) is 12.6 Å². The van der Waals surface area contributed by atoms with Crippen LogP contribution in [0.1, 0.15) is 30.5 Å². The number of hydrogen-bond acceptors (Lipinski definition) is 3. The van der Waals surface area contributed by atoms with Crippen molar-refractivity contribution in [2.24, 2.45) is 5.73 Å². The maximum Gasteiger partial charge on any atom is 0.0471 e. The van der Waals surface area contributed by atoms with E-state index in [1.54, 1.807) is 0 Å². The van der Waals surface area contributed by atoms with Crippen LogP contribution in [0.15, 0.2) is 24.3 Å². The Morgan fingerprint density at radius 1 is 1.11 bits per heavy atom. The van der Waals surface area contributed by atoms with Gasteiger partial charge in [0.25, 0.3) is 0 Å². The fourth-order valence-electron chi connectivity index (χ4n) is 2.90. The third kappa shape index (κ3) is 3.78. The molecule has 1 aliphatic heterocycles. The fraction of sp³-hybridized carbons (Fsp3) is 0.625. The zero-order valence-corrected chi connectivity index (χ0v) is 12.3. The van der Waals surface area contributed by atoms with Gasteiger partial charge in [-0.2, -0.15) is 0 Å². The van der Waals surface area contributed by atoms with E-state index in [1.807, 2.05) is 0 Å². The lowest BCUT2D eigenvalue weighted by Gasteiger charge is -2.39. The van der Waals surface area contributed by atoms with Crippen molar-refractivity contribution in [2.75, 3.05) is 39.3 Å². The van der Waals surface area contributed by atoms with Crippen LogP contribution in [-0.4, -0.2) is 49.1 Å². The monoisotopic (exact) mass is 261 g/mol. The third-order valence-corrected chi connectivity index (χ3v) is 4.07. The van der Waals surface area contributed by atoms with Crippen LogP contribution in [0.5, 0.6) is 0 Å². The maximum absolute atomic E-state index is 6.01. The Morgan fingerprint density at radius 3 is 2.26 bits per heavy atom. The molecule has 1 aliphatic rings. The molecule has 0 aromatic heterocycles. The molecule has 0 amide bonds. The van der Waals surface area contributed by atoms with E-state index in [4.69, 9.17) is 5.73 Å². The van der Waals surface area contributed by atoms with Gasteiger partial charge in [0.1, 0.15) is 0 Å². The van der Waals surface area contributed by atoms with Gasteiger partial charge < -0.3 is 10.6 Å². The van der Waals surface area contributed by atoms with Crippen LogP contribution in [0.4, 0.5) is 0 Å². The van der Waals surface area contributed by atoms with Crippen molar-refractivity contribution in [3.63, 3.8) is 0 Å². The lowest BCUT2D eigenvalue weighted by molar-refractivity contribution is 0.0985. The number of nitrogens with two attached hydrogens (primary N) is 1. The van der Waals surface area contributed by atoms with Crippen LogP contribution < -0.4 is 5.73 Å². The number of rotatable bonds is 5. The molecule has 0 bridgehead atoms. The normalized spacial score (nSPS) is 19.5. The molecule has 0 aliphatic carbocycles. The summed E-state index contributed by atoms with van der Waals surface area (Å²) in [4.78, 5) is 5.09. The summed E-state index contributed by atoms with van der Waals surface area (Å²) >= 11 is 0. The second-order valence-electron chi connectivity index (χ2n) is 5.54. The Balaban J connectivity index is 1.97. The molecular weight excluding hydrogens is 234 g/mol. The van der Waals surface area contributed by atoms with E-state index >= 15 is 0 Å². The Hall–Kier alpha value is -0.900. The van der Waals surface area contributed by atoms with Crippen molar-refractivity contribution in [3.05, 3.63) is 35.4 Å². The maximum atomic E-state index is 6.01. The Labute approximate surface area is 117 Å². The van der Waals surface area contributed by atoms with Crippen LogP contribution in [0.2, 0.25) is 0 Å². The van der Waals surface area contributed by atoms with Crippen molar-refractivity contribution < 1.29 is 0 Å². The lowest BCUT2D eigenvalue weighted by Crippen LogP contribution is -2.49. The number of benzene rings is 1. The van der Waals surface area contributed by atoms with E-state index < -0.39 is 0 Å². The highest BCUT2D eigenvalue weighted by molar-refractivity contribution is 5.24. The summed E-state index contributed by atoms with van der Waals surface area (Å²) in [5.41, 5.74) is 8.68. The van der Waals surface area contributed by atoms with Gasteiger partial charge in [-0.25, -0.2) is 0 Å². The van der Waals surface area contributed by atoms with Crippen LogP contribution in [0.3, 0.4) is 0 Å². The largest absolute Gasteiger partial charge is 0.329 e. The van der Waals surface area contributed by atoms with E-state index in [0.717, 1.165) is 13.1 Å². The van der Waals surface area contributed by atoms with E-state index in [9.17, 15) is 0 Å². The molecule has 1 unspecified atom stereocenters. The lowest BCUT2D eigenvalue weighted by atomic mass is 10.0. The number of hydrogen-bond donors (Lipinski definition) is 1. The molecule has 3 heteroatoms. The molecule has 1 aromatic rings. The number of piperazine rings is 1. The van der Waals surface area contributed by atoms with Crippen LogP contribution >= 0.6 is 0 Å². The van der Waals surface area contributed by atoms with E-state index in [2.05, 4.69) is 47.9 Å². The van der Waals surface area contributed by atoms with Gasteiger partial charge in [-0.15, -0.1) is 0 Å². The predicted octanol–water partition coefficient (Wildman–Crippen LogP) is 2.02. The van der Waals surface area contributed by atoms with Crippen molar-refractivity contribution in [3.8, 4) is 0 Å². The molecule has 2 rings (SSSR count). The average Bonchev–Trinajstić information content (AvgIpc) is 2.44. The zero-order valence-electron chi connectivity index (χ0n) is 12.3. The Kier molecular flexibility index (Phi) is 5.37. The summed E-state index contributed by atoms with van der Waals surface area (Å²) in [6, 6.07) is 9.21. The minimum absolute atomic E-state index is 0.379. The van der Waals surface area contributed by atoms with Gasteiger partial charge in [-0.3, -0.25) is 4.90 Å². The molecule has 19 heavy (non-hydrogen) atoms. The molecule has 0 spiro atoms. The number of aryl methyl sites for hydroxylation is 1. The molecule has 2 N–H and O–H groups in total. The molecule has 0 saturated carbocycles. The van der Waals surface area contributed by atoms with Crippen LogP contribution in [0, 0.1) is 6.92 Å². The molecule has 3 nitrogen and oxygen atoms in total. The molecule has 1 aromatic carbocycles. The molecule has 1 heterocycles. The first-order valence-electron chi connectivity index (χ1n) is 7.47. The van der Waals surface area contributed by atoms with Gasteiger partial charge in [0.2, 0.25) is 0 Å². The quantitative estimate of drug-likeness (QED) is 0.880. The summed E-state index contributed by atoms with van der Waals surface area (Å²) in [7, 11) is 0. The van der Waals surface area contributed by atoms with E-state index in [1.165, 1.54) is 37.2 Å². The predicted molar refractivity (Wildman–Crippen MR) is 81.3 cm³/mol. The smallest absolute Gasteiger partial charge is 0.0471 e. The van der Waals surface area contributed by atoms with Gasteiger partial charge in [0.15, 0.2) is 0 Å². The molecule has 1 saturated heterocycles. The Morgan fingerprint density at radius 2 is 1.74 bits per heavy atom. The summed E-state index contributed by atoms with van der Waals surface area (Å²) in [6.45, 7) is 10.9. The first kappa shape index (κ1) is 14.5. The van der Waals surface area contributed by atoms with Gasteiger partial charge in [0, 0.05) is 38.8 Å². The van der Waals surface area contributed by atoms with Crippen molar-refractivity contribution in [1.29, 1.82) is 0 Å². The SMILES string of the molecule is CCCN1CCN(C(CN)c2ccc(C)cc2)CC1. The minimum atomic E-state index is 0.379. The van der Waals surface area contributed by atoms with E-state index in [-0.39, 0.29) is 0 Å². The first-order chi connectivity index (χ1) is 9.24. The molecular formula is C16H27N3.